The lowest BCUT2D eigenvalue weighted by Crippen LogP contribution is -2.58. The van der Waals surface area contributed by atoms with Crippen LogP contribution < -0.4 is 0 Å². The molecule has 0 aromatic carbocycles. The Morgan fingerprint density at radius 1 is 1.02 bits per heavy atom. The maximum absolute atomic E-state index is 13.5. The van der Waals surface area contributed by atoms with Gasteiger partial charge in [0.2, 0.25) is 8.32 Å². The second-order valence-corrected chi connectivity index (χ2v) is 19.6. The molecule has 0 aromatic heterocycles. The SMILES string of the molecule is CCCCCC[C@@H](CC[C@@H]1CCCC[C@@]1(C#N)N(CCCO)C(=O)OC(C)(C)C)O[Si](C(C)C)(C(C)C)C(C)C. The van der Waals surface area contributed by atoms with Crippen LogP contribution in [0.3, 0.4) is 0 Å². The summed E-state index contributed by atoms with van der Waals surface area (Å²) in [6, 6.07) is 2.64. The Kier molecular flexibility index (Phi) is 15.8. The normalized spacial score (nSPS) is 21.1. The van der Waals surface area contributed by atoms with Gasteiger partial charge in [-0.05, 0) is 81.8 Å². The van der Waals surface area contributed by atoms with E-state index >= 15 is 0 Å². The minimum absolute atomic E-state index is 0.0224. The van der Waals surface area contributed by atoms with E-state index in [2.05, 4.69) is 54.5 Å². The number of aliphatic hydroxyl groups excluding tert-OH is 1. The molecule has 0 aromatic rings. The van der Waals surface area contributed by atoms with Gasteiger partial charge >= 0.3 is 6.09 Å². The van der Waals surface area contributed by atoms with Crippen LogP contribution in [-0.2, 0) is 9.16 Å². The zero-order valence-electron chi connectivity index (χ0n) is 27.9. The van der Waals surface area contributed by atoms with Crippen molar-refractivity contribution < 1.29 is 19.1 Å². The monoisotopic (exact) mass is 580 g/mol. The summed E-state index contributed by atoms with van der Waals surface area (Å²) < 4.78 is 13.2. The Labute approximate surface area is 248 Å². The van der Waals surface area contributed by atoms with Crippen molar-refractivity contribution >= 4 is 14.4 Å². The summed E-state index contributed by atoms with van der Waals surface area (Å²) in [5.41, 5.74) is 0.0233. The van der Waals surface area contributed by atoms with E-state index in [1.54, 1.807) is 4.90 Å². The highest BCUT2D eigenvalue weighted by Gasteiger charge is 2.50. The summed E-state index contributed by atoms with van der Waals surface area (Å²) in [5, 5.41) is 20.3. The molecule has 3 atom stereocenters. The number of hydrogen-bond donors (Lipinski definition) is 1. The van der Waals surface area contributed by atoms with Crippen LogP contribution in [0.2, 0.25) is 16.6 Å². The first kappa shape index (κ1) is 36.9. The molecule has 0 radical (unpaired) electrons. The maximum atomic E-state index is 13.5. The second kappa shape index (κ2) is 17.1. The number of ether oxygens (including phenoxy) is 1. The van der Waals surface area contributed by atoms with Crippen molar-refractivity contribution in [3.63, 3.8) is 0 Å². The largest absolute Gasteiger partial charge is 0.444 e. The molecule has 1 fully saturated rings. The van der Waals surface area contributed by atoms with Crippen LogP contribution in [0.25, 0.3) is 0 Å². The number of amides is 1. The number of carbonyl (C=O) groups is 1. The minimum Gasteiger partial charge on any atom is -0.444 e. The molecule has 1 rings (SSSR count). The fourth-order valence-corrected chi connectivity index (χ4v) is 12.9. The third kappa shape index (κ3) is 10.0. The standard InChI is InChI=1S/C33H64N2O4Si/c1-11-12-13-14-19-30(39-40(26(2)3,27(4)5)28(6)7)21-20-29-18-15-16-22-33(29,25-34)35(23-17-24-36)31(37)38-32(8,9)10/h26-30,36H,11-24H2,1-10H3/t29-,30-,33-/m0/s1. The molecule has 1 saturated carbocycles. The quantitative estimate of drug-likeness (QED) is 0.137. The lowest BCUT2D eigenvalue weighted by Gasteiger charge is -2.48. The smallest absolute Gasteiger partial charge is 0.411 e. The zero-order chi connectivity index (χ0) is 30.6. The second-order valence-electron chi connectivity index (χ2n) is 14.2. The molecular formula is C33H64N2O4Si. The van der Waals surface area contributed by atoms with Crippen molar-refractivity contribution in [3.8, 4) is 6.07 Å². The van der Waals surface area contributed by atoms with E-state index in [1.165, 1.54) is 25.7 Å². The molecule has 234 valence electrons. The van der Waals surface area contributed by atoms with Crippen LogP contribution >= 0.6 is 0 Å². The molecule has 0 aliphatic heterocycles. The van der Waals surface area contributed by atoms with Gasteiger partial charge in [0.25, 0.3) is 0 Å². The third-order valence-electron chi connectivity index (χ3n) is 9.16. The van der Waals surface area contributed by atoms with Crippen molar-refractivity contribution in [3.05, 3.63) is 0 Å². The van der Waals surface area contributed by atoms with E-state index in [-0.39, 0.29) is 18.6 Å². The predicted molar refractivity (Wildman–Crippen MR) is 169 cm³/mol. The van der Waals surface area contributed by atoms with Crippen molar-refractivity contribution in [1.29, 1.82) is 5.26 Å². The first-order valence-electron chi connectivity index (χ1n) is 16.4. The fraction of sp³-hybridized carbons (Fsp3) is 0.939. The number of hydrogen-bond acceptors (Lipinski definition) is 5. The summed E-state index contributed by atoms with van der Waals surface area (Å²) in [6.07, 6.45) is 11.5. The fourth-order valence-electron chi connectivity index (χ4n) is 7.32. The predicted octanol–water partition coefficient (Wildman–Crippen LogP) is 9.37. The molecule has 1 aliphatic rings. The Hall–Kier alpha value is -1.10. The van der Waals surface area contributed by atoms with Crippen molar-refractivity contribution in [2.45, 2.75) is 180 Å². The Morgan fingerprint density at radius 2 is 1.65 bits per heavy atom. The average molecular weight is 581 g/mol. The van der Waals surface area contributed by atoms with Gasteiger partial charge in [-0.3, -0.25) is 4.90 Å². The summed E-state index contributed by atoms with van der Waals surface area (Å²) in [5.74, 6) is 0.0624. The zero-order valence-corrected chi connectivity index (χ0v) is 28.9. The van der Waals surface area contributed by atoms with Gasteiger partial charge < -0.3 is 14.3 Å². The number of nitriles is 1. The van der Waals surface area contributed by atoms with E-state index in [0.717, 1.165) is 38.5 Å². The lowest BCUT2D eigenvalue weighted by atomic mass is 9.70. The van der Waals surface area contributed by atoms with E-state index < -0.39 is 25.6 Å². The van der Waals surface area contributed by atoms with Crippen LogP contribution in [0.1, 0.15) is 146 Å². The third-order valence-corrected chi connectivity index (χ3v) is 15.3. The van der Waals surface area contributed by atoms with Gasteiger partial charge in [-0.25, -0.2) is 4.79 Å². The van der Waals surface area contributed by atoms with Gasteiger partial charge in [-0.2, -0.15) is 5.26 Å². The molecule has 40 heavy (non-hydrogen) atoms. The molecule has 1 N–H and O–H groups in total. The Morgan fingerprint density at radius 3 is 2.15 bits per heavy atom. The number of unbranched alkanes of at least 4 members (excludes halogenated alkanes) is 3. The summed E-state index contributed by atoms with van der Waals surface area (Å²) in [6.45, 7) is 22.2. The number of carbonyl (C=O) groups excluding carboxylic acids is 1. The lowest BCUT2D eigenvalue weighted by molar-refractivity contribution is -0.0185. The Bertz CT molecular complexity index is 752. The summed E-state index contributed by atoms with van der Waals surface area (Å²) in [4.78, 5) is 15.2. The van der Waals surface area contributed by atoms with E-state index in [9.17, 15) is 15.2 Å². The average Bonchev–Trinajstić information content (AvgIpc) is 2.86. The van der Waals surface area contributed by atoms with Gasteiger partial charge in [0, 0.05) is 19.3 Å². The van der Waals surface area contributed by atoms with Crippen LogP contribution in [0.5, 0.6) is 0 Å². The van der Waals surface area contributed by atoms with Crippen LogP contribution in [0, 0.1) is 17.2 Å². The van der Waals surface area contributed by atoms with E-state index in [0.29, 0.717) is 36.0 Å². The van der Waals surface area contributed by atoms with Gasteiger partial charge in [0.15, 0.2) is 0 Å². The molecule has 0 bridgehead atoms. The van der Waals surface area contributed by atoms with Crippen LogP contribution in [0.4, 0.5) is 4.79 Å². The van der Waals surface area contributed by atoms with Crippen molar-refractivity contribution in [2.75, 3.05) is 13.2 Å². The first-order chi connectivity index (χ1) is 18.7. The van der Waals surface area contributed by atoms with Gasteiger partial charge in [0.1, 0.15) is 11.1 Å². The number of nitrogens with zero attached hydrogens (tertiary/aromatic N) is 2. The van der Waals surface area contributed by atoms with Crippen molar-refractivity contribution in [1.82, 2.24) is 4.90 Å². The highest BCUT2D eigenvalue weighted by atomic mass is 28.4. The van der Waals surface area contributed by atoms with E-state index in [4.69, 9.17) is 9.16 Å². The number of aliphatic hydroxyl groups is 1. The summed E-state index contributed by atoms with van der Waals surface area (Å²) >= 11 is 0. The molecule has 0 spiro atoms. The molecule has 0 unspecified atom stereocenters. The number of rotatable bonds is 17. The van der Waals surface area contributed by atoms with Gasteiger partial charge in [-0.1, -0.05) is 87.0 Å². The molecule has 0 saturated heterocycles. The highest BCUT2D eigenvalue weighted by molar-refractivity contribution is 6.77. The van der Waals surface area contributed by atoms with Gasteiger partial charge in [-0.15, -0.1) is 0 Å². The van der Waals surface area contributed by atoms with Crippen LogP contribution in [-0.4, -0.2) is 54.8 Å². The summed E-state index contributed by atoms with van der Waals surface area (Å²) in [7, 11) is -2.05. The van der Waals surface area contributed by atoms with Gasteiger partial charge in [0.05, 0.1) is 6.07 Å². The molecular weight excluding hydrogens is 516 g/mol. The molecule has 6 nitrogen and oxygen atoms in total. The highest BCUT2D eigenvalue weighted by Crippen LogP contribution is 2.46. The van der Waals surface area contributed by atoms with Crippen molar-refractivity contribution in [2.24, 2.45) is 5.92 Å². The molecule has 1 amide bonds. The first-order valence-corrected chi connectivity index (χ1v) is 18.6. The maximum Gasteiger partial charge on any atom is 0.411 e. The topological polar surface area (TPSA) is 82.8 Å². The molecule has 1 aliphatic carbocycles. The Balaban J connectivity index is 3.33. The van der Waals surface area contributed by atoms with Crippen LogP contribution in [0.15, 0.2) is 0 Å². The molecule has 0 heterocycles. The van der Waals surface area contributed by atoms with E-state index in [1.807, 2.05) is 20.8 Å². The minimum atomic E-state index is -2.05. The molecule has 7 heteroatoms.